The molecule has 0 aromatic heterocycles. The maximum absolute atomic E-state index is 13.4. The molecule has 0 saturated heterocycles. The van der Waals surface area contributed by atoms with E-state index >= 15 is 0 Å². The number of alkyl halides is 1. The van der Waals surface area contributed by atoms with E-state index in [1.54, 1.807) is 43.3 Å². The molecule has 21 heteroatoms. The number of nitrogens with one attached hydrogen (secondary N) is 4. The van der Waals surface area contributed by atoms with Crippen molar-refractivity contribution in [2.24, 2.45) is 20.5 Å². The van der Waals surface area contributed by atoms with Crippen LogP contribution in [-0.2, 0) is 19.2 Å². The van der Waals surface area contributed by atoms with E-state index in [0.717, 1.165) is 13.8 Å². The highest BCUT2D eigenvalue weighted by Crippen LogP contribution is 2.34. The standard InChI is InChI=1S/C42H31Cl7N8O6/c1-19(43)25-16-22(50-41(62)35(20(2)58)56-54-23-10-13-28(44)26(17-23)39(60)52-37-30(46)6-4-7-31(37)47)12-15-34(25)51-42(63)36(21(3)59)57-55-24-11-14-29(45)27(18-24)40(61)53-38-32(48)8-5-9-33(38)49/h4-19,35-36H,1-3H3,(H,50,62)(H,51,63)(H,52,60)(H,53,61). The number of carbonyl (C=O) groups excluding carboxylic acids is 6. The van der Waals surface area contributed by atoms with Crippen molar-refractivity contribution in [1.29, 1.82) is 0 Å². The van der Waals surface area contributed by atoms with Crippen LogP contribution in [0.3, 0.4) is 0 Å². The third-order valence-electron chi connectivity index (χ3n) is 8.64. The lowest BCUT2D eigenvalue weighted by Gasteiger charge is -2.17. The molecular weight excluding hydrogens is 961 g/mol. The molecule has 4 amide bonds. The molecule has 0 aliphatic rings. The summed E-state index contributed by atoms with van der Waals surface area (Å²) in [5, 5.41) is 26.5. The first-order valence-electron chi connectivity index (χ1n) is 18.2. The Morgan fingerprint density at radius 2 is 0.921 bits per heavy atom. The van der Waals surface area contributed by atoms with Gasteiger partial charge in [0.2, 0.25) is 12.1 Å². The van der Waals surface area contributed by atoms with Crippen molar-refractivity contribution in [3.05, 3.63) is 138 Å². The highest BCUT2D eigenvalue weighted by molar-refractivity contribution is 6.41. The van der Waals surface area contributed by atoms with Crippen LogP contribution in [0.1, 0.15) is 52.4 Å². The summed E-state index contributed by atoms with van der Waals surface area (Å²) >= 11 is 43.8. The molecule has 3 unspecified atom stereocenters. The quantitative estimate of drug-likeness (QED) is 0.0457. The zero-order valence-corrected chi connectivity index (χ0v) is 38.1. The number of Topliss-reactive ketones (excluding diaryl/α,β-unsaturated/α-hetero) is 2. The monoisotopic (exact) mass is 988 g/mol. The Labute approximate surface area is 394 Å². The van der Waals surface area contributed by atoms with Gasteiger partial charge in [-0.25, -0.2) is 0 Å². The Hall–Kier alpha value is -5.45. The van der Waals surface area contributed by atoms with E-state index in [1.165, 1.54) is 54.6 Å². The number of para-hydroxylation sites is 2. The first-order chi connectivity index (χ1) is 29.8. The Morgan fingerprint density at radius 1 is 0.508 bits per heavy atom. The highest BCUT2D eigenvalue weighted by Gasteiger charge is 2.27. The van der Waals surface area contributed by atoms with Gasteiger partial charge in [-0.1, -0.05) is 81.7 Å². The minimum absolute atomic E-state index is 0.0147. The maximum Gasteiger partial charge on any atom is 0.258 e. The van der Waals surface area contributed by atoms with E-state index < -0.39 is 52.7 Å². The van der Waals surface area contributed by atoms with E-state index in [2.05, 4.69) is 41.7 Å². The number of benzene rings is 5. The molecule has 0 heterocycles. The van der Waals surface area contributed by atoms with Gasteiger partial charge in [-0.15, -0.1) is 11.6 Å². The van der Waals surface area contributed by atoms with E-state index in [1.807, 2.05) is 0 Å². The second-order valence-corrected chi connectivity index (χ2v) is 16.4. The van der Waals surface area contributed by atoms with E-state index in [-0.39, 0.29) is 75.4 Å². The fourth-order valence-corrected chi connectivity index (χ4v) is 7.05. The fraction of sp³-hybridized carbons (Fsp3) is 0.143. The Kier molecular flexibility index (Phi) is 16.8. The van der Waals surface area contributed by atoms with Crippen molar-refractivity contribution in [1.82, 2.24) is 0 Å². The van der Waals surface area contributed by atoms with Gasteiger partial charge < -0.3 is 21.3 Å². The number of anilines is 4. The van der Waals surface area contributed by atoms with Crippen LogP contribution in [0.2, 0.25) is 30.1 Å². The largest absolute Gasteiger partial charge is 0.324 e. The predicted octanol–water partition coefficient (Wildman–Crippen LogP) is 12.8. The van der Waals surface area contributed by atoms with Gasteiger partial charge in [-0.05, 0) is 105 Å². The summed E-state index contributed by atoms with van der Waals surface area (Å²) in [7, 11) is 0. The predicted molar refractivity (Wildman–Crippen MR) is 248 cm³/mol. The summed E-state index contributed by atoms with van der Waals surface area (Å²) in [4.78, 5) is 78.2. The van der Waals surface area contributed by atoms with Gasteiger partial charge in [0, 0.05) is 11.4 Å². The summed E-state index contributed by atoms with van der Waals surface area (Å²) in [6, 6.07) is 18.7. The molecular formula is C42H31Cl7N8O6. The van der Waals surface area contributed by atoms with Crippen molar-refractivity contribution in [3.63, 3.8) is 0 Å². The molecule has 324 valence electrons. The third-order valence-corrected chi connectivity index (χ3v) is 10.8. The average Bonchev–Trinajstić information content (AvgIpc) is 3.22. The molecule has 0 aliphatic carbocycles. The molecule has 5 aromatic rings. The third kappa shape index (κ3) is 12.6. The number of hydrogen-bond donors (Lipinski definition) is 4. The molecule has 5 rings (SSSR count). The van der Waals surface area contributed by atoms with Crippen LogP contribution in [-0.4, -0.2) is 47.3 Å². The van der Waals surface area contributed by atoms with Gasteiger partial charge in [0.1, 0.15) is 0 Å². The molecule has 0 fully saturated rings. The Bertz CT molecular complexity index is 2670. The van der Waals surface area contributed by atoms with Crippen molar-refractivity contribution in [2.45, 2.75) is 38.2 Å². The van der Waals surface area contributed by atoms with E-state index in [0.29, 0.717) is 5.56 Å². The number of azo groups is 2. The van der Waals surface area contributed by atoms with Gasteiger partial charge in [0.25, 0.3) is 23.6 Å². The average molecular weight is 992 g/mol. The maximum atomic E-state index is 13.4. The van der Waals surface area contributed by atoms with E-state index in [4.69, 9.17) is 81.2 Å². The van der Waals surface area contributed by atoms with E-state index in [9.17, 15) is 28.8 Å². The lowest BCUT2D eigenvalue weighted by molar-refractivity contribution is -0.127. The minimum Gasteiger partial charge on any atom is -0.324 e. The minimum atomic E-state index is -1.63. The molecule has 3 atom stereocenters. The van der Waals surface area contributed by atoms with Crippen LogP contribution < -0.4 is 21.3 Å². The molecule has 0 bridgehead atoms. The lowest BCUT2D eigenvalue weighted by atomic mass is 10.1. The summed E-state index contributed by atoms with van der Waals surface area (Å²) in [5.74, 6) is -4.36. The fourth-order valence-electron chi connectivity index (χ4n) is 5.48. The first kappa shape index (κ1) is 48.6. The Balaban J connectivity index is 1.29. The molecule has 0 saturated carbocycles. The SMILES string of the molecule is CC(=O)C(N=Nc1ccc(Cl)c(C(=O)Nc2c(Cl)cccc2Cl)c1)C(=O)Nc1ccc(NC(=O)C(N=Nc2ccc(Cl)c(C(=O)Nc3c(Cl)cccc3Cl)c2)C(C)=O)c(C(C)Cl)c1. The number of carbonyl (C=O) groups is 6. The number of nitrogens with zero attached hydrogens (tertiary/aromatic N) is 4. The lowest BCUT2D eigenvalue weighted by Crippen LogP contribution is -2.32. The molecule has 14 nitrogen and oxygen atoms in total. The zero-order chi connectivity index (χ0) is 46.1. The molecule has 0 spiro atoms. The van der Waals surface area contributed by atoms with Crippen LogP contribution >= 0.6 is 81.2 Å². The summed E-state index contributed by atoms with van der Waals surface area (Å²) in [6.07, 6.45) is 0. The molecule has 4 N–H and O–H groups in total. The number of halogens is 7. The number of ketones is 2. The van der Waals surface area contributed by atoms with Crippen LogP contribution in [0.4, 0.5) is 34.1 Å². The zero-order valence-electron chi connectivity index (χ0n) is 32.8. The smallest absolute Gasteiger partial charge is 0.258 e. The molecule has 63 heavy (non-hydrogen) atoms. The molecule has 5 aromatic carbocycles. The van der Waals surface area contributed by atoms with Crippen LogP contribution in [0.25, 0.3) is 0 Å². The topological polar surface area (TPSA) is 200 Å². The van der Waals surface area contributed by atoms with Gasteiger partial charge in [0.05, 0.1) is 69.4 Å². The van der Waals surface area contributed by atoms with Crippen LogP contribution in [0, 0.1) is 0 Å². The molecule has 0 radical (unpaired) electrons. The summed E-state index contributed by atoms with van der Waals surface area (Å²) in [5.41, 5.74) is 1.16. The van der Waals surface area contributed by atoms with Gasteiger partial charge in [-0.3, -0.25) is 28.8 Å². The van der Waals surface area contributed by atoms with Crippen molar-refractivity contribution >= 4 is 151 Å². The van der Waals surface area contributed by atoms with Crippen LogP contribution in [0.15, 0.2) is 111 Å². The summed E-state index contributed by atoms with van der Waals surface area (Å²) in [6.45, 7) is 3.89. The number of rotatable bonds is 15. The molecule has 0 aliphatic heterocycles. The normalized spacial score (nSPS) is 12.7. The van der Waals surface area contributed by atoms with Gasteiger partial charge >= 0.3 is 0 Å². The number of amides is 4. The second kappa shape index (κ2) is 21.8. The van der Waals surface area contributed by atoms with Gasteiger partial charge in [-0.2, -0.15) is 20.5 Å². The van der Waals surface area contributed by atoms with Crippen molar-refractivity contribution < 1.29 is 28.8 Å². The summed E-state index contributed by atoms with van der Waals surface area (Å²) < 4.78 is 0. The van der Waals surface area contributed by atoms with Crippen molar-refractivity contribution in [2.75, 3.05) is 21.3 Å². The number of hydrogen-bond acceptors (Lipinski definition) is 10. The van der Waals surface area contributed by atoms with Gasteiger partial charge in [0.15, 0.2) is 11.6 Å². The first-order valence-corrected chi connectivity index (χ1v) is 20.9. The highest BCUT2D eigenvalue weighted by atomic mass is 35.5. The van der Waals surface area contributed by atoms with Crippen molar-refractivity contribution in [3.8, 4) is 0 Å². The second-order valence-electron chi connectivity index (χ2n) is 13.3. The Morgan fingerprint density at radius 3 is 1.32 bits per heavy atom. The van der Waals surface area contributed by atoms with Crippen LogP contribution in [0.5, 0.6) is 0 Å².